The quantitative estimate of drug-likeness (QED) is 0.632. The summed E-state index contributed by atoms with van der Waals surface area (Å²) in [6.45, 7) is 0.878. The average molecular weight is 359 g/mol. The van der Waals surface area contributed by atoms with E-state index >= 15 is 0 Å². The molecule has 0 heterocycles. The van der Waals surface area contributed by atoms with Crippen LogP contribution in [0.4, 0.5) is 5.69 Å². The number of ketones is 1. The Bertz CT molecular complexity index is 847. The first-order valence-corrected chi connectivity index (χ1v) is 8.95. The van der Waals surface area contributed by atoms with Crippen LogP contribution in [0.1, 0.15) is 27.6 Å². The van der Waals surface area contributed by atoms with Crippen LogP contribution in [-0.4, -0.2) is 34.7 Å². The minimum atomic E-state index is -1.35. The third kappa shape index (κ3) is 4.84. The molecule has 130 valence electrons. The Morgan fingerprint density at radius 2 is 1.60 bits per heavy atom. The van der Waals surface area contributed by atoms with E-state index in [1.165, 1.54) is 19.2 Å². The molecule has 0 aliphatic carbocycles. The van der Waals surface area contributed by atoms with Crippen molar-refractivity contribution in [3.05, 3.63) is 59.7 Å². The molecular weight excluding hydrogens is 342 g/mol. The molecule has 0 saturated carbocycles. The Morgan fingerprint density at radius 1 is 1.00 bits per heavy atom. The minimum Gasteiger partial charge on any atom is -0.452 e. The second kappa shape index (κ2) is 8.34. The second-order valence-electron chi connectivity index (χ2n) is 5.18. The van der Waals surface area contributed by atoms with Crippen LogP contribution in [0.25, 0.3) is 0 Å². The molecule has 6 nitrogen and oxygen atoms in total. The van der Waals surface area contributed by atoms with Gasteiger partial charge in [-0.15, -0.1) is 0 Å². The van der Waals surface area contributed by atoms with Crippen LogP contribution in [0.2, 0.25) is 0 Å². The molecule has 1 amide bonds. The van der Waals surface area contributed by atoms with Crippen LogP contribution in [-0.2, 0) is 20.3 Å². The summed E-state index contributed by atoms with van der Waals surface area (Å²) >= 11 is 0. The predicted octanol–water partition coefficient (Wildman–Crippen LogP) is 2.42. The molecule has 2 rings (SSSR count). The zero-order valence-electron chi connectivity index (χ0n) is 13.8. The van der Waals surface area contributed by atoms with Gasteiger partial charge in [-0.25, -0.2) is 4.79 Å². The van der Waals surface area contributed by atoms with E-state index < -0.39 is 29.3 Å². The van der Waals surface area contributed by atoms with Crippen LogP contribution in [0.15, 0.2) is 53.4 Å². The number of benzene rings is 2. The molecule has 25 heavy (non-hydrogen) atoms. The maximum Gasteiger partial charge on any atom is 0.339 e. The van der Waals surface area contributed by atoms with Gasteiger partial charge >= 0.3 is 5.97 Å². The van der Waals surface area contributed by atoms with Crippen molar-refractivity contribution in [3.8, 4) is 0 Å². The van der Waals surface area contributed by atoms with Gasteiger partial charge in [0.25, 0.3) is 5.91 Å². The molecule has 0 bridgehead atoms. The van der Waals surface area contributed by atoms with Gasteiger partial charge in [0.15, 0.2) is 12.4 Å². The number of Topliss-reactive ketones (excluding diaryl/α,β-unsaturated/α-hetero) is 1. The smallest absolute Gasteiger partial charge is 0.339 e. The van der Waals surface area contributed by atoms with E-state index in [0.717, 1.165) is 0 Å². The third-order valence-electron chi connectivity index (χ3n) is 3.33. The maximum atomic E-state index is 12.1. The predicted molar refractivity (Wildman–Crippen MR) is 94.1 cm³/mol. The molecule has 0 aliphatic rings. The van der Waals surface area contributed by atoms with E-state index in [4.69, 9.17) is 4.74 Å². The molecule has 0 spiro atoms. The highest BCUT2D eigenvalue weighted by atomic mass is 32.2. The molecule has 7 heteroatoms. The molecule has 0 fully saturated rings. The van der Waals surface area contributed by atoms with Gasteiger partial charge in [0.2, 0.25) is 0 Å². The van der Waals surface area contributed by atoms with Crippen molar-refractivity contribution in [3.63, 3.8) is 0 Å². The highest BCUT2D eigenvalue weighted by molar-refractivity contribution is 7.84. The van der Waals surface area contributed by atoms with Gasteiger partial charge in [-0.05, 0) is 31.2 Å². The first-order chi connectivity index (χ1) is 11.9. The molecule has 1 N–H and O–H groups in total. The van der Waals surface area contributed by atoms with Crippen LogP contribution >= 0.6 is 0 Å². The highest BCUT2D eigenvalue weighted by Gasteiger charge is 2.16. The Labute approximate surface area is 147 Å². The van der Waals surface area contributed by atoms with E-state index in [9.17, 15) is 18.6 Å². The van der Waals surface area contributed by atoms with Crippen molar-refractivity contribution in [1.82, 2.24) is 0 Å². The number of esters is 1. The number of anilines is 1. The first-order valence-electron chi connectivity index (χ1n) is 7.39. The Kier molecular flexibility index (Phi) is 6.19. The molecule has 2 aromatic rings. The molecule has 1 atom stereocenters. The largest absolute Gasteiger partial charge is 0.452 e. The van der Waals surface area contributed by atoms with Crippen LogP contribution in [0.5, 0.6) is 0 Å². The fourth-order valence-electron chi connectivity index (χ4n) is 2.18. The SMILES string of the molecule is CC(=O)c1ccccc1NC(=O)COC(=O)c1ccccc1[S@](C)=O. The lowest BCUT2D eigenvalue weighted by Gasteiger charge is -2.10. The zero-order chi connectivity index (χ0) is 18.4. The maximum absolute atomic E-state index is 12.1. The minimum absolute atomic E-state index is 0.153. The van der Waals surface area contributed by atoms with Gasteiger partial charge in [0.1, 0.15) is 0 Å². The van der Waals surface area contributed by atoms with Gasteiger partial charge in [0.05, 0.1) is 26.9 Å². The summed E-state index contributed by atoms with van der Waals surface area (Å²) in [5.41, 5.74) is 0.875. The van der Waals surface area contributed by atoms with Crippen LogP contribution in [0.3, 0.4) is 0 Å². The monoisotopic (exact) mass is 359 g/mol. The normalized spacial score (nSPS) is 11.4. The number of rotatable bonds is 6. The summed E-state index contributed by atoms with van der Waals surface area (Å²) in [7, 11) is -1.35. The molecule has 2 aromatic carbocycles. The van der Waals surface area contributed by atoms with Crippen molar-refractivity contribution in [1.29, 1.82) is 0 Å². The molecule has 0 aromatic heterocycles. The van der Waals surface area contributed by atoms with Gasteiger partial charge in [-0.1, -0.05) is 24.3 Å². The number of amides is 1. The van der Waals surface area contributed by atoms with Crippen LogP contribution in [0, 0.1) is 0 Å². The number of hydrogen-bond donors (Lipinski definition) is 1. The van der Waals surface area contributed by atoms with Crippen molar-refractivity contribution in [2.45, 2.75) is 11.8 Å². The number of ether oxygens (including phenoxy) is 1. The molecule has 0 unspecified atom stereocenters. The fraction of sp³-hybridized carbons (Fsp3) is 0.167. The summed E-state index contributed by atoms with van der Waals surface area (Å²) in [6, 6.07) is 12.9. The Morgan fingerprint density at radius 3 is 2.24 bits per heavy atom. The number of carbonyl (C=O) groups excluding carboxylic acids is 3. The fourth-order valence-corrected chi connectivity index (χ4v) is 2.91. The average Bonchev–Trinajstić information content (AvgIpc) is 2.60. The third-order valence-corrected chi connectivity index (χ3v) is 4.31. The van der Waals surface area contributed by atoms with Gasteiger partial charge < -0.3 is 10.1 Å². The van der Waals surface area contributed by atoms with Gasteiger partial charge in [0, 0.05) is 11.8 Å². The number of nitrogens with one attached hydrogen (secondary N) is 1. The topological polar surface area (TPSA) is 89.5 Å². The van der Waals surface area contributed by atoms with E-state index in [2.05, 4.69) is 5.32 Å². The van der Waals surface area contributed by atoms with Crippen LogP contribution < -0.4 is 5.32 Å². The Balaban J connectivity index is 2.03. The summed E-state index contributed by atoms with van der Waals surface area (Å²) < 4.78 is 16.6. The lowest BCUT2D eigenvalue weighted by atomic mass is 10.1. The molecular formula is C18H17NO5S. The summed E-state index contributed by atoms with van der Waals surface area (Å²) in [4.78, 5) is 36.0. The lowest BCUT2D eigenvalue weighted by molar-refractivity contribution is -0.119. The van der Waals surface area contributed by atoms with E-state index in [1.807, 2.05) is 0 Å². The van der Waals surface area contributed by atoms with Crippen molar-refractivity contribution < 1.29 is 23.3 Å². The van der Waals surface area contributed by atoms with Crippen molar-refractivity contribution in [2.75, 3.05) is 18.2 Å². The number of hydrogen-bond acceptors (Lipinski definition) is 5. The van der Waals surface area contributed by atoms with E-state index in [1.54, 1.807) is 42.5 Å². The van der Waals surface area contributed by atoms with Gasteiger partial charge in [-0.2, -0.15) is 0 Å². The van der Waals surface area contributed by atoms with Crippen molar-refractivity contribution >= 4 is 34.1 Å². The number of carbonyl (C=O) groups is 3. The first kappa shape index (κ1) is 18.5. The molecule has 0 saturated heterocycles. The Hall–Kier alpha value is -2.80. The molecule has 0 aliphatic heterocycles. The summed E-state index contributed by atoms with van der Waals surface area (Å²) in [6.07, 6.45) is 1.46. The summed E-state index contributed by atoms with van der Waals surface area (Å²) in [5.74, 6) is -1.50. The van der Waals surface area contributed by atoms with Crippen molar-refractivity contribution in [2.24, 2.45) is 0 Å². The lowest BCUT2D eigenvalue weighted by Crippen LogP contribution is -2.22. The summed E-state index contributed by atoms with van der Waals surface area (Å²) in [5, 5.41) is 2.54. The second-order valence-corrected chi connectivity index (χ2v) is 6.52. The van der Waals surface area contributed by atoms with E-state index in [-0.39, 0.29) is 11.3 Å². The zero-order valence-corrected chi connectivity index (χ0v) is 14.6. The number of para-hydroxylation sites is 1. The standard InChI is InChI=1S/C18H17NO5S/c1-12(20)13-7-3-5-9-15(13)19-17(21)11-24-18(22)14-8-4-6-10-16(14)25(2)23/h3-10H,11H2,1-2H3,(H,19,21)/t25-/m0/s1. The highest BCUT2D eigenvalue weighted by Crippen LogP contribution is 2.16. The van der Waals surface area contributed by atoms with E-state index in [0.29, 0.717) is 16.1 Å². The van der Waals surface area contributed by atoms with Gasteiger partial charge in [-0.3, -0.25) is 13.8 Å². The molecule has 0 radical (unpaired) electrons.